The molecule has 2 aliphatic heterocycles. The van der Waals surface area contributed by atoms with Crippen LogP contribution in [0.4, 0.5) is 11.6 Å². The van der Waals surface area contributed by atoms with E-state index in [0.29, 0.717) is 39.4 Å². The number of rotatable bonds is 3. The van der Waals surface area contributed by atoms with Gasteiger partial charge in [-0.15, -0.1) is 0 Å². The van der Waals surface area contributed by atoms with Crippen LogP contribution in [0.3, 0.4) is 0 Å². The lowest BCUT2D eigenvalue weighted by atomic mass is 9.77. The third-order valence-corrected chi connectivity index (χ3v) is 5.78. The van der Waals surface area contributed by atoms with Crippen molar-refractivity contribution in [3.8, 4) is 29.0 Å². The van der Waals surface area contributed by atoms with Crippen LogP contribution in [-0.2, 0) is 10.3 Å². The van der Waals surface area contributed by atoms with Crippen LogP contribution in [0.5, 0.6) is 29.0 Å². The molecular formula is C24H16N4O6. The summed E-state index contributed by atoms with van der Waals surface area (Å²) >= 11 is 0. The van der Waals surface area contributed by atoms with Gasteiger partial charge in [0.05, 0.1) is 18.4 Å². The molecule has 2 aliphatic rings. The summed E-state index contributed by atoms with van der Waals surface area (Å²) in [4.78, 5) is 25.5. The molecule has 6 rings (SSSR count). The number of methoxy groups -OCH3 is 1. The molecule has 1 aromatic heterocycles. The Bertz CT molecular complexity index is 1440. The molecule has 0 bridgehead atoms. The summed E-state index contributed by atoms with van der Waals surface area (Å²) < 4.78 is 17.1. The van der Waals surface area contributed by atoms with E-state index in [2.05, 4.69) is 20.3 Å². The van der Waals surface area contributed by atoms with Crippen molar-refractivity contribution in [3.05, 3.63) is 83.2 Å². The number of hydrogen-bond donors (Lipinski definition) is 3. The number of aromatic nitrogens is 3. The largest absolute Gasteiger partial charge is 0.508 e. The molecule has 10 nitrogen and oxygen atoms in total. The van der Waals surface area contributed by atoms with E-state index in [1.165, 1.54) is 37.7 Å². The minimum atomic E-state index is -1.36. The van der Waals surface area contributed by atoms with Crippen LogP contribution in [0.15, 0.2) is 60.9 Å². The molecule has 4 aromatic rings. The van der Waals surface area contributed by atoms with Gasteiger partial charge in [-0.3, -0.25) is 0 Å². The van der Waals surface area contributed by atoms with Crippen molar-refractivity contribution in [3.63, 3.8) is 0 Å². The standard InChI is InChI=1S/C24H16N4O6/c1-32-23-26-11-25-22(28-23)27-17-4-2-3-16-20(17)21(31)34-24(16)14-7-5-12(29)9-18(14)33-19-10-13(30)6-8-15(19)24/h2-11,29-30H,1H3,(H,25,26,27,28). The number of aromatic hydroxyl groups is 2. The first kappa shape index (κ1) is 19.8. The van der Waals surface area contributed by atoms with E-state index >= 15 is 0 Å². The highest BCUT2D eigenvalue weighted by Crippen LogP contribution is 2.57. The third-order valence-electron chi connectivity index (χ3n) is 5.78. The lowest BCUT2D eigenvalue weighted by Crippen LogP contribution is -2.32. The summed E-state index contributed by atoms with van der Waals surface area (Å²) in [6.45, 7) is 0. The van der Waals surface area contributed by atoms with Gasteiger partial charge in [-0.05, 0) is 30.3 Å². The van der Waals surface area contributed by atoms with Crippen molar-refractivity contribution in [1.82, 2.24) is 15.0 Å². The van der Waals surface area contributed by atoms with Crippen molar-refractivity contribution < 1.29 is 29.2 Å². The zero-order valence-corrected chi connectivity index (χ0v) is 17.6. The number of phenols is 2. The number of nitrogens with one attached hydrogen (secondary N) is 1. The third kappa shape index (κ3) is 2.75. The van der Waals surface area contributed by atoms with Crippen LogP contribution >= 0.6 is 0 Å². The van der Waals surface area contributed by atoms with E-state index in [4.69, 9.17) is 14.2 Å². The van der Waals surface area contributed by atoms with E-state index in [1.54, 1.807) is 30.3 Å². The monoisotopic (exact) mass is 456 g/mol. The fourth-order valence-corrected chi connectivity index (χ4v) is 4.41. The number of esters is 1. The zero-order valence-electron chi connectivity index (χ0n) is 17.6. The highest BCUT2D eigenvalue weighted by atomic mass is 16.6. The number of carbonyl (C=O) groups excluding carboxylic acids is 1. The number of anilines is 2. The molecule has 0 aliphatic carbocycles. The van der Waals surface area contributed by atoms with Gasteiger partial charge < -0.3 is 29.7 Å². The van der Waals surface area contributed by atoms with Gasteiger partial charge in [-0.1, -0.05) is 12.1 Å². The van der Waals surface area contributed by atoms with Crippen LogP contribution in [0.1, 0.15) is 27.0 Å². The Hall–Kier alpha value is -4.86. The molecule has 0 saturated carbocycles. The molecule has 0 saturated heterocycles. The van der Waals surface area contributed by atoms with Crippen LogP contribution in [0.25, 0.3) is 0 Å². The second-order valence-electron chi connectivity index (χ2n) is 7.68. The normalized spacial score (nSPS) is 14.4. The predicted octanol–water partition coefficient (Wildman–Crippen LogP) is 3.60. The van der Waals surface area contributed by atoms with Gasteiger partial charge in [0.15, 0.2) is 5.60 Å². The van der Waals surface area contributed by atoms with E-state index in [1.807, 2.05) is 0 Å². The zero-order chi connectivity index (χ0) is 23.4. The van der Waals surface area contributed by atoms with Crippen molar-refractivity contribution in [2.24, 2.45) is 0 Å². The number of fused-ring (bicyclic) bond motifs is 6. The number of hydrogen-bond acceptors (Lipinski definition) is 10. The molecule has 168 valence electrons. The quantitative estimate of drug-likeness (QED) is 0.392. The number of nitrogens with zero attached hydrogens (tertiary/aromatic N) is 3. The van der Waals surface area contributed by atoms with Crippen LogP contribution in [-0.4, -0.2) is 38.2 Å². The highest BCUT2D eigenvalue weighted by Gasteiger charge is 2.54. The molecule has 34 heavy (non-hydrogen) atoms. The minimum absolute atomic E-state index is 0.0127. The molecule has 0 atom stereocenters. The molecule has 0 amide bonds. The lowest BCUT2D eigenvalue weighted by molar-refractivity contribution is 0.0224. The summed E-state index contributed by atoms with van der Waals surface area (Å²) in [7, 11) is 1.44. The molecule has 10 heteroatoms. The van der Waals surface area contributed by atoms with Gasteiger partial charge in [0.2, 0.25) is 5.95 Å². The van der Waals surface area contributed by atoms with Crippen molar-refractivity contribution >= 4 is 17.6 Å². The summed E-state index contributed by atoms with van der Waals surface area (Å²) in [5.74, 6) is 0.205. The Morgan fingerprint density at radius 2 is 1.65 bits per heavy atom. The molecule has 1 spiro atoms. The molecular weight excluding hydrogens is 440 g/mol. The second kappa shape index (κ2) is 7.07. The predicted molar refractivity (Wildman–Crippen MR) is 118 cm³/mol. The number of carbonyl (C=O) groups is 1. The fourth-order valence-electron chi connectivity index (χ4n) is 4.41. The van der Waals surface area contributed by atoms with Crippen molar-refractivity contribution in [1.29, 1.82) is 0 Å². The minimum Gasteiger partial charge on any atom is -0.508 e. The summed E-state index contributed by atoms with van der Waals surface area (Å²) in [6, 6.07) is 14.6. The number of phenolic OH excluding ortho intramolecular Hbond substituents is 2. The van der Waals surface area contributed by atoms with Crippen LogP contribution in [0.2, 0.25) is 0 Å². The summed E-state index contributed by atoms with van der Waals surface area (Å²) in [6.07, 6.45) is 1.29. The second-order valence-corrected chi connectivity index (χ2v) is 7.68. The molecule has 3 N–H and O–H groups in total. The molecule has 0 fully saturated rings. The first-order chi connectivity index (χ1) is 16.5. The van der Waals surface area contributed by atoms with Gasteiger partial charge in [-0.25, -0.2) is 9.78 Å². The SMILES string of the molecule is COc1ncnc(Nc2cccc3c2C(=O)OC32c3ccc(O)cc3Oc3cc(O)ccc32)n1. The smallest absolute Gasteiger partial charge is 0.342 e. The van der Waals surface area contributed by atoms with Crippen LogP contribution < -0.4 is 14.8 Å². The van der Waals surface area contributed by atoms with Gasteiger partial charge in [0, 0.05) is 28.8 Å². The maximum atomic E-state index is 13.3. The average Bonchev–Trinajstić information content (AvgIpc) is 3.12. The summed E-state index contributed by atoms with van der Waals surface area (Å²) in [5.41, 5.74) is 1.00. The molecule has 3 aromatic carbocycles. The topological polar surface area (TPSA) is 136 Å². The number of ether oxygens (including phenoxy) is 3. The van der Waals surface area contributed by atoms with E-state index in [-0.39, 0.29) is 23.5 Å². The average molecular weight is 456 g/mol. The lowest BCUT2D eigenvalue weighted by Gasteiger charge is -2.36. The van der Waals surface area contributed by atoms with Gasteiger partial charge >= 0.3 is 12.0 Å². The van der Waals surface area contributed by atoms with E-state index in [0.717, 1.165) is 0 Å². The van der Waals surface area contributed by atoms with E-state index in [9.17, 15) is 15.0 Å². The van der Waals surface area contributed by atoms with Gasteiger partial charge in [-0.2, -0.15) is 9.97 Å². The van der Waals surface area contributed by atoms with Crippen LogP contribution in [0, 0.1) is 0 Å². The fraction of sp³-hybridized carbons (Fsp3) is 0.0833. The maximum Gasteiger partial charge on any atom is 0.342 e. The molecule has 0 unspecified atom stereocenters. The first-order valence-electron chi connectivity index (χ1n) is 10.2. The Morgan fingerprint density at radius 1 is 0.941 bits per heavy atom. The van der Waals surface area contributed by atoms with Gasteiger partial charge in [0.1, 0.15) is 29.3 Å². The van der Waals surface area contributed by atoms with Gasteiger partial charge in [0.25, 0.3) is 0 Å². The Kier molecular flexibility index (Phi) is 4.12. The summed E-state index contributed by atoms with van der Waals surface area (Å²) in [5, 5.41) is 23.1. The maximum absolute atomic E-state index is 13.3. The molecule has 3 heterocycles. The van der Waals surface area contributed by atoms with Crippen molar-refractivity contribution in [2.75, 3.05) is 12.4 Å². The van der Waals surface area contributed by atoms with Crippen molar-refractivity contribution in [2.45, 2.75) is 5.60 Å². The Morgan fingerprint density at radius 3 is 2.32 bits per heavy atom. The number of benzene rings is 3. The molecule has 0 radical (unpaired) electrons. The Labute approximate surface area is 192 Å². The van der Waals surface area contributed by atoms with E-state index < -0.39 is 11.6 Å². The highest BCUT2D eigenvalue weighted by molar-refractivity contribution is 6.02. The first-order valence-corrected chi connectivity index (χ1v) is 10.2. The Balaban J connectivity index is 1.58.